The first-order valence-electron chi connectivity index (χ1n) is 2.29. The van der Waals surface area contributed by atoms with Crippen molar-refractivity contribution in [2.24, 2.45) is 5.90 Å². The first-order valence-corrected chi connectivity index (χ1v) is 3.17. The first-order chi connectivity index (χ1) is 4.34. The molecule has 0 spiro atoms. The summed E-state index contributed by atoms with van der Waals surface area (Å²) in [5, 5.41) is 1.78. The molecule has 2 N–H and O–H groups in total. The fourth-order valence-corrected chi connectivity index (χ4v) is 1.06. The van der Waals surface area contributed by atoms with Gasteiger partial charge in [-0.1, -0.05) is 6.07 Å². The summed E-state index contributed by atoms with van der Waals surface area (Å²) in [6, 6.07) is 3.41. The molecule has 0 radical (unpaired) electrons. The normalized spacial score (nSPS) is 9.00. The lowest BCUT2D eigenvalue weighted by Gasteiger charge is -1.88. The first kappa shape index (κ1) is 6.25. The lowest BCUT2D eigenvalue weighted by atomic mass is 10.5. The topological polar surface area (TPSA) is 52.3 Å². The summed E-state index contributed by atoms with van der Waals surface area (Å²) in [5.41, 5.74) is 0. The highest BCUT2D eigenvalue weighted by Crippen LogP contribution is 2.08. The molecule has 0 amide bonds. The second-order valence-corrected chi connectivity index (χ2v) is 2.33. The van der Waals surface area contributed by atoms with Crippen molar-refractivity contribution in [1.29, 1.82) is 0 Å². The van der Waals surface area contributed by atoms with Crippen molar-refractivity contribution in [2.75, 3.05) is 0 Å². The highest BCUT2D eigenvalue weighted by atomic mass is 32.1. The number of carbonyl (C=O) groups excluding carboxylic acids is 1. The minimum atomic E-state index is -0.481. The highest BCUT2D eigenvalue weighted by molar-refractivity contribution is 7.11. The van der Waals surface area contributed by atoms with E-state index in [4.69, 9.17) is 0 Å². The zero-order valence-corrected chi connectivity index (χ0v) is 5.35. The molecule has 3 nitrogen and oxygen atoms in total. The van der Waals surface area contributed by atoms with Crippen LogP contribution in [0.1, 0.15) is 9.67 Å². The van der Waals surface area contributed by atoms with Gasteiger partial charge in [-0.2, -0.15) is 5.90 Å². The summed E-state index contributed by atoms with van der Waals surface area (Å²) in [6.07, 6.45) is 0. The monoisotopic (exact) mass is 143 g/mol. The van der Waals surface area contributed by atoms with E-state index in [2.05, 4.69) is 10.7 Å². The second-order valence-electron chi connectivity index (χ2n) is 1.38. The van der Waals surface area contributed by atoms with E-state index in [-0.39, 0.29) is 0 Å². The molecule has 1 aromatic heterocycles. The van der Waals surface area contributed by atoms with Gasteiger partial charge in [0.1, 0.15) is 4.88 Å². The lowest BCUT2D eigenvalue weighted by molar-refractivity contribution is 0.0509. The summed E-state index contributed by atoms with van der Waals surface area (Å²) in [5.74, 6) is 4.14. The van der Waals surface area contributed by atoms with Gasteiger partial charge in [0.15, 0.2) is 0 Å². The van der Waals surface area contributed by atoms with Gasteiger partial charge in [0, 0.05) is 0 Å². The Labute approximate surface area is 56.0 Å². The summed E-state index contributed by atoms with van der Waals surface area (Å²) in [6.45, 7) is 0. The molecule has 0 aliphatic carbocycles. The Balaban J connectivity index is 2.77. The van der Waals surface area contributed by atoms with Crippen molar-refractivity contribution in [3.05, 3.63) is 22.4 Å². The van der Waals surface area contributed by atoms with Crippen LogP contribution in [0.4, 0.5) is 0 Å². The number of hydrogen-bond donors (Lipinski definition) is 1. The smallest absolute Gasteiger partial charge is 0.366 e. The van der Waals surface area contributed by atoms with Crippen LogP contribution in [0.15, 0.2) is 17.5 Å². The standard InChI is InChI=1S/C5H5NO2S/c6-8-5(7)4-2-1-3-9-4/h1-3H,6H2. The van der Waals surface area contributed by atoms with Crippen LogP contribution < -0.4 is 5.90 Å². The summed E-state index contributed by atoms with van der Waals surface area (Å²) in [4.78, 5) is 15.0. The molecule has 0 unspecified atom stereocenters. The zero-order valence-electron chi connectivity index (χ0n) is 4.53. The van der Waals surface area contributed by atoms with Crippen molar-refractivity contribution < 1.29 is 9.63 Å². The molecule has 0 aliphatic heterocycles. The van der Waals surface area contributed by atoms with Gasteiger partial charge in [-0.15, -0.1) is 11.3 Å². The SMILES string of the molecule is NOC(=O)c1cccs1. The number of hydrogen-bond acceptors (Lipinski definition) is 4. The predicted molar refractivity (Wildman–Crippen MR) is 33.9 cm³/mol. The molecule has 0 atom stereocenters. The van der Waals surface area contributed by atoms with Gasteiger partial charge in [-0.3, -0.25) is 0 Å². The quantitative estimate of drug-likeness (QED) is 0.591. The molecule has 0 bridgehead atoms. The lowest BCUT2D eigenvalue weighted by Crippen LogP contribution is -2.07. The molecular weight excluding hydrogens is 138 g/mol. The fourth-order valence-electron chi connectivity index (χ4n) is 0.453. The third-order valence-electron chi connectivity index (χ3n) is 0.829. The molecule has 1 heterocycles. The van der Waals surface area contributed by atoms with Crippen molar-refractivity contribution >= 4 is 17.3 Å². The van der Waals surface area contributed by atoms with Gasteiger partial charge in [0.05, 0.1) is 0 Å². The third kappa shape index (κ3) is 1.28. The predicted octanol–water partition coefficient (Wildman–Crippen LogP) is 0.779. The zero-order chi connectivity index (χ0) is 6.69. The van der Waals surface area contributed by atoms with Crippen LogP contribution in [0.2, 0.25) is 0 Å². The van der Waals surface area contributed by atoms with Crippen molar-refractivity contribution in [2.45, 2.75) is 0 Å². The van der Waals surface area contributed by atoms with Gasteiger partial charge >= 0.3 is 5.97 Å². The van der Waals surface area contributed by atoms with Crippen molar-refractivity contribution in [1.82, 2.24) is 0 Å². The molecular formula is C5H5NO2S. The van der Waals surface area contributed by atoms with Gasteiger partial charge in [0.25, 0.3) is 0 Å². The van der Waals surface area contributed by atoms with Crippen LogP contribution >= 0.6 is 11.3 Å². The fraction of sp³-hybridized carbons (Fsp3) is 0. The molecule has 0 saturated carbocycles. The van der Waals surface area contributed by atoms with Gasteiger partial charge < -0.3 is 4.84 Å². The number of carbonyl (C=O) groups is 1. The van der Waals surface area contributed by atoms with E-state index in [1.165, 1.54) is 11.3 Å². The van der Waals surface area contributed by atoms with Crippen molar-refractivity contribution in [3.63, 3.8) is 0 Å². The van der Waals surface area contributed by atoms with E-state index < -0.39 is 5.97 Å². The summed E-state index contributed by atoms with van der Waals surface area (Å²) >= 11 is 1.30. The minimum absolute atomic E-state index is 0.481. The Bertz CT molecular complexity index is 195. The maximum Gasteiger partial charge on any atom is 0.366 e. The number of rotatable bonds is 1. The summed E-state index contributed by atoms with van der Waals surface area (Å²) in [7, 11) is 0. The molecule has 1 rings (SSSR count). The number of nitrogens with two attached hydrogens (primary N) is 1. The highest BCUT2D eigenvalue weighted by Gasteiger charge is 2.04. The van der Waals surface area contributed by atoms with Crippen LogP contribution in [0.3, 0.4) is 0 Å². The Morgan fingerprint density at radius 3 is 3.00 bits per heavy atom. The van der Waals surface area contributed by atoms with Gasteiger partial charge in [-0.25, -0.2) is 4.79 Å². The van der Waals surface area contributed by atoms with Crippen LogP contribution in [0.5, 0.6) is 0 Å². The maximum atomic E-state index is 10.5. The molecule has 0 aliphatic rings. The maximum absolute atomic E-state index is 10.5. The van der Waals surface area contributed by atoms with E-state index in [9.17, 15) is 4.79 Å². The van der Waals surface area contributed by atoms with Crippen LogP contribution in [0.25, 0.3) is 0 Å². The molecule has 1 aromatic rings. The van der Waals surface area contributed by atoms with E-state index in [0.717, 1.165) is 0 Å². The Hall–Kier alpha value is -0.870. The largest absolute Gasteiger partial charge is 0.369 e. The molecule has 4 heteroatoms. The Kier molecular flexibility index (Phi) is 1.81. The summed E-state index contributed by atoms with van der Waals surface area (Å²) < 4.78 is 0. The molecule has 0 aromatic carbocycles. The molecule has 0 fully saturated rings. The molecule has 0 saturated heterocycles. The van der Waals surface area contributed by atoms with Crippen molar-refractivity contribution in [3.8, 4) is 0 Å². The van der Waals surface area contributed by atoms with E-state index in [0.29, 0.717) is 4.88 Å². The molecule has 9 heavy (non-hydrogen) atoms. The van der Waals surface area contributed by atoms with Gasteiger partial charge in [0.2, 0.25) is 0 Å². The van der Waals surface area contributed by atoms with E-state index >= 15 is 0 Å². The second kappa shape index (κ2) is 2.61. The van der Waals surface area contributed by atoms with Crippen LogP contribution in [-0.2, 0) is 4.84 Å². The van der Waals surface area contributed by atoms with Gasteiger partial charge in [-0.05, 0) is 11.4 Å². The van der Waals surface area contributed by atoms with E-state index in [1.807, 2.05) is 0 Å². The number of thiophene rings is 1. The molecule has 48 valence electrons. The van der Waals surface area contributed by atoms with Crippen LogP contribution in [-0.4, -0.2) is 5.97 Å². The minimum Gasteiger partial charge on any atom is -0.369 e. The van der Waals surface area contributed by atoms with Crippen LogP contribution in [0, 0.1) is 0 Å². The van der Waals surface area contributed by atoms with E-state index in [1.54, 1.807) is 17.5 Å². The Morgan fingerprint density at radius 2 is 2.56 bits per heavy atom. The Morgan fingerprint density at radius 1 is 1.78 bits per heavy atom. The third-order valence-corrected chi connectivity index (χ3v) is 1.68. The average Bonchev–Trinajstić information content (AvgIpc) is 2.37. The average molecular weight is 143 g/mol.